The van der Waals surface area contributed by atoms with Gasteiger partial charge in [0.15, 0.2) is 11.0 Å². The Balaban J connectivity index is 1.68. The lowest BCUT2D eigenvalue weighted by molar-refractivity contribution is -0.113. The van der Waals surface area contributed by atoms with Crippen molar-refractivity contribution in [2.75, 3.05) is 11.1 Å². The number of carbonyl (C=O) groups excluding carboxylic acids is 1. The summed E-state index contributed by atoms with van der Waals surface area (Å²) in [6.07, 6.45) is 0. The molecule has 1 aromatic heterocycles. The molecule has 0 bridgehead atoms. The topological polar surface area (TPSA) is 69.0 Å². The molecule has 164 valence electrons. The minimum absolute atomic E-state index is 0.00448. The number of nitrogens with zero attached hydrogens (tertiary/aromatic N) is 3. The summed E-state index contributed by atoms with van der Waals surface area (Å²) in [7, 11) is 0. The van der Waals surface area contributed by atoms with Crippen molar-refractivity contribution in [3.63, 3.8) is 0 Å². The third-order valence-corrected chi connectivity index (χ3v) is 5.04. The Morgan fingerprint density at radius 3 is 2.48 bits per heavy atom. The van der Waals surface area contributed by atoms with Crippen LogP contribution in [0, 0.1) is 11.7 Å². The highest BCUT2D eigenvalue weighted by atomic mass is 32.2. The zero-order valence-electron chi connectivity index (χ0n) is 16.9. The molecule has 10 heteroatoms. The smallest absolute Gasteiger partial charge is 0.387 e. The molecule has 0 spiro atoms. The van der Waals surface area contributed by atoms with Crippen LogP contribution in [0.25, 0.3) is 11.4 Å². The minimum Gasteiger partial charge on any atom is -0.435 e. The quantitative estimate of drug-likeness (QED) is 0.461. The van der Waals surface area contributed by atoms with E-state index in [1.807, 2.05) is 13.8 Å². The highest BCUT2D eigenvalue weighted by molar-refractivity contribution is 7.99. The largest absolute Gasteiger partial charge is 0.435 e. The van der Waals surface area contributed by atoms with Crippen LogP contribution in [0.15, 0.2) is 53.7 Å². The fourth-order valence-corrected chi connectivity index (χ4v) is 3.56. The molecule has 3 rings (SSSR count). The molecule has 6 nitrogen and oxygen atoms in total. The summed E-state index contributed by atoms with van der Waals surface area (Å²) >= 11 is 1.18. The fraction of sp³-hybridized carbons (Fsp3) is 0.286. The average Bonchev–Trinajstić information content (AvgIpc) is 3.09. The fourth-order valence-electron chi connectivity index (χ4n) is 2.81. The number of halogens is 3. The molecule has 2 aromatic carbocycles. The number of hydrogen-bond acceptors (Lipinski definition) is 5. The first-order valence-corrected chi connectivity index (χ1v) is 10.5. The number of benzene rings is 2. The number of anilines is 1. The van der Waals surface area contributed by atoms with Crippen LogP contribution in [0.2, 0.25) is 0 Å². The van der Waals surface area contributed by atoms with Gasteiger partial charge in [-0.1, -0.05) is 37.7 Å². The Bertz CT molecular complexity index is 1030. The van der Waals surface area contributed by atoms with E-state index in [1.54, 1.807) is 22.8 Å². The molecular formula is C21H21F3N4O2S. The summed E-state index contributed by atoms with van der Waals surface area (Å²) in [4.78, 5) is 12.3. The number of aromatic nitrogens is 3. The zero-order valence-corrected chi connectivity index (χ0v) is 17.7. The Labute approximate surface area is 181 Å². The van der Waals surface area contributed by atoms with E-state index in [4.69, 9.17) is 0 Å². The molecule has 0 aliphatic rings. The van der Waals surface area contributed by atoms with Gasteiger partial charge >= 0.3 is 6.61 Å². The van der Waals surface area contributed by atoms with Crippen molar-refractivity contribution < 1.29 is 22.7 Å². The van der Waals surface area contributed by atoms with Crippen LogP contribution >= 0.6 is 11.8 Å². The molecule has 0 saturated carbocycles. The summed E-state index contributed by atoms with van der Waals surface area (Å²) in [5, 5.41) is 11.5. The second-order valence-electron chi connectivity index (χ2n) is 7.03. The molecule has 0 aliphatic carbocycles. The van der Waals surface area contributed by atoms with Crippen LogP contribution in [0.5, 0.6) is 5.75 Å². The standard InChI is InChI=1S/C21H21F3N4O2S/c1-13(2)11-28-19(16-5-3-4-6-17(16)22)26-27-21(28)31-12-18(29)25-14-7-9-15(10-8-14)30-20(23)24/h3-10,13,20H,11-12H2,1-2H3,(H,25,29). The number of carbonyl (C=O) groups is 1. The Morgan fingerprint density at radius 1 is 1.13 bits per heavy atom. The van der Waals surface area contributed by atoms with Gasteiger partial charge in [0.25, 0.3) is 0 Å². The highest BCUT2D eigenvalue weighted by Crippen LogP contribution is 2.27. The Kier molecular flexibility index (Phi) is 7.56. The molecule has 1 heterocycles. The van der Waals surface area contributed by atoms with Gasteiger partial charge in [-0.15, -0.1) is 10.2 Å². The Hall–Kier alpha value is -3.01. The van der Waals surface area contributed by atoms with Crippen LogP contribution in [0.1, 0.15) is 13.8 Å². The zero-order chi connectivity index (χ0) is 22.4. The maximum atomic E-state index is 14.3. The summed E-state index contributed by atoms with van der Waals surface area (Å²) in [5.41, 5.74) is 0.793. The molecule has 1 N–H and O–H groups in total. The summed E-state index contributed by atoms with van der Waals surface area (Å²) < 4.78 is 44.8. The van der Waals surface area contributed by atoms with Crippen LogP contribution in [0.4, 0.5) is 18.9 Å². The molecule has 31 heavy (non-hydrogen) atoms. The molecule has 0 saturated heterocycles. The molecule has 1 amide bonds. The molecule has 0 aliphatic heterocycles. The number of amides is 1. The first kappa shape index (κ1) is 22.7. The molecule has 0 atom stereocenters. The lowest BCUT2D eigenvalue weighted by atomic mass is 10.2. The van der Waals surface area contributed by atoms with Gasteiger partial charge in [0.2, 0.25) is 5.91 Å². The van der Waals surface area contributed by atoms with Gasteiger partial charge in [-0.25, -0.2) is 4.39 Å². The van der Waals surface area contributed by atoms with E-state index in [0.29, 0.717) is 28.8 Å². The number of ether oxygens (including phenoxy) is 1. The predicted octanol–water partition coefficient (Wildman–Crippen LogP) is 5.07. The highest BCUT2D eigenvalue weighted by Gasteiger charge is 2.19. The average molecular weight is 450 g/mol. The first-order chi connectivity index (χ1) is 14.8. The summed E-state index contributed by atoms with van der Waals surface area (Å²) in [5.74, 6) is 0.00773. The van der Waals surface area contributed by atoms with Crippen molar-refractivity contribution in [1.82, 2.24) is 14.8 Å². The maximum Gasteiger partial charge on any atom is 0.387 e. The van der Waals surface area contributed by atoms with Gasteiger partial charge in [-0.2, -0.15) is 8.78 Å². The first-order valence-electron chi connectivity index (χ1n) is 9.49. The van der Waals surface area contributed by atoms with Gasteiger partial charge in [-0.3, -0.25) is 4.79 Å². The predicted molar refractivity (Wildman–Crippen MR) is 113 cm³/mol. The number of rotatable bonds is 9. The van der Waals surface area contributed by atoms with Crippen molar-refractivity contribution in [2.24, 2.45) is 5.92 Å². The monoisotopic (exact) mass is 450 g/mol. The lowest BCUT2D eigenvalue weighted by Gasteiger charge is -2.13. The molecule has 0 radical (unpaired) electrons. The van der Waals surface area contributed by atoms with Crippen molar-refractivity contribution in [1.29, 1.82) is 0 Å². The molecule has 0 fully saturated rings. The normalized spacial score (nSPS) is 11.2. The van der Waals surface area contributed by atoms with Crippen LogP contribution in [-0.4, -0.2) is 33.0 Å². The summed E-state index contributed by atoms with van der Waals surface area (Å²) in [6, 6.07) is 12.0. The van der Waals surface area contributed by atoms with E-state index in [-0.39, 0.29) is 23.3 Å². The van der Waals surface area contributed by atoms with E-state index in [2.05, 4.69) is 20.3 Å². The second-order valence-corrected chi connectivity index (χ2v) is 7.97. The number of hydrogen-bond donors (Lipinski definition) is 1. The minimum atomic E-state index is -2.91. The number of nitrogens with one attached hydrogen (secondary N) is 1. The van der Waals surface area contributed by atoms with E-state index >= 15 is 0 Å². The van der Waals surface area contributed by atoms with Gasteiger partial charge in [0.05, 0.1) is 11.3 Å². The molecular weight excluding hydrogens is 429 g/mol. The van der Waals surface area contributed by atoms with Crippen molar-refractivity contribution in [3.8, 4) is 17.1 Å². The van der Waals surface area contributed by atoms with Gasteiger partial charge in [0.1, 0.15) is 11.6 Å². The summed E-state index contributed by atoms with van der Waals surface area (Å²) in [6.45, 7) is 1.70. The van der Waals surface area contributed by atoms with Crippen molar-refractivity contribution >= 4 is 23.4 Å². The molecule has 0 unspecified atom stereocenters. The van der Waals surface area contributed by atoms with E-state index in [9.17, 15) is 18.0 Å². The van der Waals surface area contributed by atoms with E-state index in [1.165, 1.54) is 42.1 Å². The van der Waals surface area contributed by atoms with Crippen molar-refractivity contribution in [3.05, 3.63) is 54.3 Å². The van der Waals surface area contributed by atoms with Gasteiger partial charge in [-0.05, 0) is 42.3 Å². The van der Waals surface area contributed by atoms with Crippen LogP contribution in [0.3, 0.4) is 0 Å². The van der Waals surface area contributed by atoms with E-state index in [0.717, 1.165) is 0 Å². The van der Waals surface area contributed by atoms with E-state index < -0.39 is 12.4 Å². The third-order valence-electron chi connectivity index (χ3n) is 4.07. The maximum absolute atomic E-state index is 14.3. The molecule has 3 aromatic rings. The van der Waals surface area contributed by atoms with Crippen LogP contribution in [-0.2, 0) is 11.3 Å². The number of alkyl halides is 2. The third kappa shape index (κ3) is 6.24. The van der Waals surface area contributed by atoms with Gasteiger partial charge < -0.3 is 14.6 Å². The SMILES string of the molecule is CC(C)Cn1c(SCC(=O)Nc2ccc(OC(F)F)cc2)nnc1-c1ccccc1F. The second kappa shape index (κ2) is 10.3. The lowest BCUT2D eigenvalue weighted by Crippen LogP contribution is -2.15. The number of thioether (sulfide) groups is 1. The Morgan fingerprint density at radius 2 is 1.84 bits per heavy atom. The van der Waals surface area contributed by atoms with Crippen LogP contribution < -0.4 is 10.1 Å². The van der Waals surface area contributed by atoms with Gasteiger partial charge in [0, 0.05) is 12.2 Å². The van der Waals surface area contributed by atoms with Crippen molar-refractivity contribution in [2.45, 2.75) is 32.2 Å².